The Bertz CT molecular complexity index is 593. The molecule has 154 valence electrons. The Kier molecular flexibility index (Phi) is 10.2. The molecule has 0 bridgehead atoms. The van der Waals surface area contributed by atoms with Gasteiger partial charge in [-0.25, -0.2) is 4.99 Å². The Morgan fingerprint density at radius 1 is 1.41 bits per heavy atom. The molecule has 1 aromatic rings. The molecule has 1 atom stereocenters. The summed E-state index contributed by atoms with van der Waals surface area (Å²) in [6.45, 7) is 5.69. The minimum atomic E-state index is -4.37. The van der Waals surface area contributed by atoms with Crippen molar-refractivity contribution in [3.8, 4) is 5.75 Å². The van der Waals surface area contributed by atoms with E-state index in [2.05, 4.69) is 10.3 Å². The van der Waals surface area contributed by atoms with E-state index in [1.807, 2.05) is 18.9 Å². The number of halogens is 4. The van der Waals surface area contributed by atoms with Crippen LogP contribution in [0.15, 0.2) is 29.3 Å². The average Bonchev–Trinajstić information content (AvgIpc) is 3.10. The zero-order valence-corrected chi connectivity index (χ0v) is 17.9. The molecule has 1 aromatic carbocycles. The second-order valence-electron chi connectivity index (χ2n) is 6.22. The molecule has 0 radical (unpaired) electrons. The van der Waals surface area contributed by atoms with Crippen molar-refractivity contribution in [2.75, 3.05) is 46.5 Å². The van der Waals surface area contributed by atoms with Crippen molar-refractivity contribution in [1.82, 2.24) is 10.2 Å². The molecule has 0 aliphatic carbocycles. The van der Waals surface area contributed by atoms with Gasteiger partial charge in [0.25, 0.3) is 0 Å². The van der Waals surface area contributed by atoms with Crippen molar-refractivity contribution in [2.24, 2.45) is 10.9 Å². The number of guanidine groups is 1. The quantitative estimate of drug-likeness (QED) is 0.268. The Balaban J connectivity index is 0.00000364. The molecule has 5 nitrogen and oxygen atoms in total. The number of hydrogen-bond acceptors (Lipinski definition) is 3. The van der Waals surface area contributed by atoms with Crippen LogP contribution >= 0.6 is 24.0 Å². The zero-order chi connectivity index (χ0) is 19.0. The van der Waals surface area contributed by atoms with Gasteiger partial charge < -0.3 is 19.7 Å². The molecule has 1 saturated heterocycles. The van der Waals surface area contributed by atoms with Gasteiger partial charge in [-0.2, -0.15) is 13.2 Å². The number of benzene rings is 1. The van der Waals surface area contributed by atoms with Gasteiger partial charge in [-0.15, -0.1) is 24.0 Å². The third-order valence-electron chi connectivity index (χ3n) is 4.04. The minimum absolute atomic E-state index is 0. The summed E-state index contributed by atoms with van der Waals surface area (Å²) in [6.07, 6.45) is -3.33. The first-order valence-corrected chi connectivity index (χ1v) is 8.77. The van der Waals surface area contributed by atoms with E-state index in [9.17, 15) is 13.2 Å². The van der Waals surface area contributed by atoms with Crippen molar-refractivity contribution in [1.29, 1.82) is 0 Å². The maximum Gasteiger partial charge on any atom is 0.416 e. The number of aliphatic imine (C=N–C) groups is 1. The molecule has 1 fully saturated rings. The molecule has 1 aliphatic rings. The SMILES string of the molecule is CCNC(=NCCOc1cccc(C(F)(F)F)c1)N(C)CC1CCOC1.I. The molecule has 1 heterocycles. The van der Waals surface area contributed by atoms with E-state index in [0.717, 1.165) is 50.8 Å². The van der Waals surface area contributed by atoms with Crippen molar-refractivity contribution >= 4 is 29.9 Å². The van der Waals surface area contributed by atoms with Crippen molar-refractivity contribution in [3.05, 3.63) is 29.8 Å². The van der Waals surface area contributed by atoms with Crippen LogP contribution in [0.4, 0.5) is 13.2 Å². The third-order valence-corrected chi connectivity index (χ3v) is 4.04. The Labute approximate surface area is 175 Å². The van der Waals surface area contributed by atoms with Crippen molar-refractivity contribution < 1.29 is 22.6 Å². The van der Waals surface area contributed by atoms with Gasteiger partial charge in [0.15, 0.2) is 5.96 Å². The Hall–Kier alpha value is -1.23. The van der Waals surface area contributed by atoms with E-state index >= 15 is 0 Å². The fourth-order valence-electron chi connectivity index (χ4n) is 2.75. The molecule has 0 aromatic heterocycles. The summed E-state index contributed by atoms with van der Waals surface area (Å²) in [4.78, 5) is 6.53. The van der Waals surface area contributed by atoms with Gasteiger partial charge in [-0.05, 0) is 31.5 Å². The normalized spacial score (nSPS) is 17.4. The van der Waals surface area contributed by atoms with Gasteiger partial charge in [0.2, 0.25) is 0 Å². The lowest BCUT2D eigenvalue weighted by molar-refractivity contribution is -0.137. The average molecular weight is 501 g/mol. The highest BCUT2D eigenvalue weighted by Crippen LogP contribution is 2.31. The summed E-state index contributed by atoms with van der Waals surface area (Å²) >= 11 is 0. The molecule has 0 spiro atoms. The van der Waals surface area contributed by atoms with Crippen LogP contribution < -0.4 is 10.1 Å². The van der Waals surface area contributed by atoms with Crippen LogP contribution in [-0.4, -0.2) is 57.4 Å². The summed E-state index contributed by atoms with van der Waals surface area (Å²) in [7, 11) is 1.97. The van der Waals surface area contributed by atoms with E-state index in [0.29, 0.717) is 12.5 Å². The van der Waals surface area contributed by atoms with E-state index in [-0.39, 0.29) is 36.3 Å². The molecule has 0 amide bonds. The summed E-state index contributed by atoms with van der Waals surface area (Å²) in [5.41, 5.74) is -0.717. The maximum absolute atomic E-state index is 12.7. The number of ether oxygens (including phenoxy) is 2. The lowest BCUT2D eigenvalue weighted by atomic mass is 10.1. The largest absolute Gasteiger partial charge is 0.492 e. The monoisotopic (exact) mass is 501 g/mol. The third kappa shape index (κ3) is 8.12. The minimum Gasteiger partial charge on any atom is -0.492 e. The molecular weight excluding hydrogens is 474 g/mol. The van der Waals surface area contributed by atoms with Gasteiger partial charge in [0, 0.05) is 32.7 Å². The molecule has 0 saturated carbocycles. The highest BCUT2D eigenvalue weighted by atomic mass is 127. The van der Waals surface area contributed by atoms with Crippen LogP contribution in [0.5, 0.6) is 5.75 Å². The summed E-state index contributed by atoms with van der Waals surface area (Å²) in [6, 6.07) is 4.87. The van der Waals surface area contributed by atoms with Gasteiger partial charge in [-0.1, -0.05) is 6.07 Å². The molecule has 1 aliphatic heterocycles. The van der Waals surface area contributed by atoms with Crippen molar-refractivity contribution in [2.45, 2.75) is 19.5 Å². The topological polar surface area (TPSA) is 46.1 Å². The second-order valence-corrected chi connectivity index (χ2v) is 6.22. The molecule has 1 unspecified atom stereocenters. The highest BCUT2D eigenvalue weighted by molar-refractivity contribution is 14.0. The number of alkyl halides is 3. The first kappa shape index (κ1) is 23.8. The fourth-order valence-corrected chi connectivity index (χ4v) is 2.75. The Morgan fingerprint density at radius 3 is 2.81 bits per heavy atom. The Morgan fingerprint density at radius 2 is 2.19 bits per heavy atom. The molecule has 9 heteroatoms. The van der Waals surface area contributed by atoms with Crippen LogP contribution in [0.3, 0.4) is 0 Å². The van der Waals surface area contributed by atoms with Crippen LogP contribution in [-0.2, 0) is 10.9 Å². The first-order valence-electron chi connectivity index (χ1n) is 8.77. The smallest absolute Gasteiger partial charge is 0.416 e. The van der Waals surface area contributed by atoms with Crippen LogP contribution in [0, 0.1) is 5.92 Å². The summed E-state index contributed by atoms with van der Waals surface area (Å²) in [5.74, 6) is 1.44. The number of nitrogens with zero attached hydrogens (tertiary/aromatic N) is 2. The van der Waals surface area contributed by atoms with Gasteiger partial charge in [0.05, 0.1) is 18.7 Å². The maximum atomic E-state index is 12.7. The van der Waals surface area contributed by atoms with Crippen LogP contribution in [0.25, 0.3) is 0 Å². The highest BCUT2D eigenvalue weighted by Gasteiger charge is 2.30. The number of hydrogen-bond donors (Lipinski definition) is 1. The van der Waals surface area contributed by atoms with Gasteiger partial charge in [-0.3, -0.25) is 0 Å². The van der Waals surface area contributed by atoms with Gasteiger partial charge >= 0.3 is 6.18 Å². The van der Waals surface area contributed by atoms with E-state index < -0.39 is 11.7 Å². The van der Waals surface area contributed by atoms with Crippen molar-refractivity contribution in [3.63, 3.8) is 0 Å². The summed E-state index contributed by atoms with van der Waals surface area (Å²) in [5, 5.41) is 3.21. The molecule has 2 rings (SSSR count). The van der Waals surface area contributed by atoms with Crippen LogP contribution in [0.2, 0.25) is 0 Å². The van der Waals surface area contributed by atoms with E-state index in [1.54, 1.807) is 0 Å². The summed E-state index contributed by atoms with van der Waals surface area (Å²) < 4.78 is 48.9. The number of nitrogens with one attached hydrogen (secondary N) is 1. The van der Waals surface area contributed by atoms with E-state index in [1.165, 1.54) is 12.1 Å². The fraction of sp³-hybridized carbons (Fsp3) is 0.611. The second kappa shape index (κ2) is 11.6. The lowest BCUT2D eigenvalue weighted by Crippen LogP contribution is -2.41. The predicted octanol–water partition coefficient (Wildman–Crippen LogP) is 3.64. The molecular formula is C18H27F3IN3O2. The zero-order valence-electron chi connectivity index (χ0n) is 15.6. The molecule has 27 heavy (non-hydrogen) atoms. The lowest BCUT2D eigenvalue weighted by Gasteiger charge is -2.24. The van der Waals surface area contributed by atoms with E-state index in [4.69, 9.17) is 9.47 Å². The standard InChI is InChI=1S/C18H26F3N3O2.HI/c1-3-22-17(24(2)12-14-7-9-25-13-14)23-8-10-26-16-6-4-5-15(11-16)18(19,20)21;/h4-6,11,14H,3,7-10,12-13H2,1-2H3,(H,22,23);1H. The van der Waals surface area contributed by atoms with Gasteiger partial charge in [0.1, 0.15) is 12.4 Å². The van der Waals surface area contributed by atoms with Crippen LogP contribution in [0.1, 0.15) is 18.9 Å². The predicted molar refractivity (Wildman–Crippen MR) is 110 cm³/mol. The molecule has 1 N–H and O–H groups in total. The number of rotatable bonds is 7. The first-order chi connectivity index (χ1) is 12.4.